The maximum Gasteiger partial charge on any atom is 0.308 e. The molecule has 3 atom stereocenters. The summed E-state index contributed by atoms with van der Waals surface area (Å²) in [5.74, 6) is -1.11. The van der Waals surface area contributed by atoms with Crippen LogP contribution in [0.4, 0.5) is 5.69 Å². The van der Waals surface area contributed by atoms with Crippen LogP contribution in [0, 0.1) is 5.41 Å². The Labute approximate surface area is 259 Å². The predicted molar refractivity (Wildman–Crippen MR) is 167 cm³/mol. The molecule has 0 radical (unpaired) electrons. The normalized spacial score (nSPS) is 20.4. The largest absolute Gasteiger partial charge is 0.493 e. The highest BCUT2D eigenvalue weighted by Gasteiger charge is 2.71. The number of hydrogen-bond donors (Lipinski definition) is 0. The van der Waals surface area contributed by atoms with Gasteiger partial charge in [-0.2, -0.15) is 0 Å². The SMILES string of the molecule is COc1ccc([C@@H]2[C@H](C(=O)c3ccc(OC(C)=O)cc3)N3c4ccccc4C=C[C@H]3C23C(=O)c2ccccc2C3=O)cc1OC. The highest BCUT2D eigenvalue weighted by atomic mass is 16.5. The summed E-state index contributed by atoms with van der Waals surface area (Å²) < 4.78 is 16.4. The third kappa shape index (κ3) is 4.05. The van der Waals surface area contributed by atoms with Gasteiger partial charge in [0.15, 0.2) is 28.8 Å². The van der Waals surface area contributed by atoms with E-state index >= 15 is 0 Å². The first-order valence-corrected chi connectivity index (χ1v) is 14.6. The number of methoxy groups -OCH3 is 2. The van der Waals surface area contributed by atoms with Gasteiger partial charge in [0, 0.05) is 35.2 Å². The van der Waals surface area contributed by atoms with Crippen LogP contribution in [0.2, 0.25) is 0 Å². The number of ether oxygens (including phenoxy) is 3. The molecule has 45 heavy (non-hydrogen) atoms. The van der Waals surface area contributed by atoms with E-state index < -0.39 is 29.4 Å². The summed E-state index contributed by atoms with van der Waals surface area (Å²) in [7, 11) is 3.05. The summed E-state index contributed by atoms with van der Waals surface area (Å²) in [5.41, 5.74) is 1.61. The zero-order valence-corrected chi connectivity index (χ0v) is 24.9. The standard InChI is InChI=1S/C37H29NO7/c1-21(39)45-25-16-12-23(13-17-25)34(40)33-32(24-14-18-29(43-2)30(20-24)44-3)37(35(41)26-9-5-6-10-27(26)36(37)42)31-19-15-22-8-4-7-11-28(22)38(31)33/h4-20,31-33H,1-3H3/t31-,32+,33+/m0/s1. The van der Waals surface area contributed by atoms with Crippen molar-refractivity contribution in [2.24, 2.45) is 5.41 Å². The van der Waals surface area contributed by atoms with Crippen LogP contribution in [-0.2, 0) is 4.79 Å². The van der Waals surface area contributed by atoms with Gasteiger partial charge >= 0.3 is 5.97 Å². The molecule has 224 valence electrons. The van der Waals surface area contributed by atoms with Crippen molar-refractivity contribution in [3.8, 4) is 17.2 Å². The van der Waals surface area contributed by atoms with Crippen LogP contribution < -0.4 is 19.1 Å². The van der Waals surface area contributed by atoms with E-state index in [1.165, 1.54) is 21.1 Å². The average molecular weight is 600 g/mol. The lowest BCUT2D eigenvalue weighted by atomic mass is 9.64. The third-order valence-corrected chi connectivity index (χ3v) is 9.15. The van der Waals surface area contributed by atoms with E-state index in [1.807, 2.05) is 41.3 Å². The summed E-state index contributed by atoms with van der Waals surface area (Å²) in [6, 6.07) is 24.4. The van der Waals surface area contributed by atoms with Gasteiger partial charge in [-0.05, 0) is 53.6 Å². The molecule has 0 amide bonds. The van der Waals surface area contributed by atoms with Crippen LogP contribution >= 0.6 is 0 Å². The highest BCUT2D eigenvalue weighted by molar-refractivity contribution is 6.32. The summed E-state index contributed by atoms with van der Waals surface area (Å²) in [6.45, 7) is 1.31. The Morgan fingerprint density at radius 2 is 1.42 bits per heavy atom. The Hall–Kier alpha value is -5.50. The number of nitrogens with zero attached hydrogens (tertiary/aromatic N) is 1. The van der Waals surface area contributed by atoms with E-state index in [0.29, 0.717) is 39.5 Å². The number of Topliss-reactive ketones (excluding diaryl/α,β-unsaturated/α-hetero) is 3. The van der Waals surface area contributed by atoms with Crippen LogP contribution in [0.15, 0.2) is 97.1 Å². The number of hydrogen-bond acceptors (Lipinski definition) is 8. The molecule has 4 aromatic carbocycles. The van der Waals surface area contributed by atoms with Crippen LogP contribution in [0.25, 0.3) is 6.08 Å². The van der Waals surface area contributed by atoms with Crippen LogP contribution in [-0.4, -0.2) is 49.6 Å². The smallest absolute Gasteiger partial charge is 0.308 e. The molecule has 1 spiro atoms. The first-order chi connectivity index (χ1) is 21.8. The monoisotopic (exact) mass is 599 g/mol. The quantitative estimate of drug-likeness (QED) is 0.116. The number of fused-ring (bicyclic) bond motifs is 5. The van der Waals surface area contributed by atoms with Crippen molar-refractivity contribution in [2.45, 2.75) is 24.9 Å². The van der Waals surface area contributed by atoms with Crippen molar-refractivity contribution >= 4 is 35.1 Å². The topological polar surface area (TPSA) is 99.2 Å². The molecule has 4 aromatic rings. The average Bonchev–Trinajstić information content (AvgIpc) is 3.50. The molecule has 0 aromatic heterocycles. The van der Waals surface area contributed by atoms with Gasteiger partial charge in [0.25, 0.3) is 0 Å². The lowest BCUT2D eigenvalue weighted by Crippen LogP contribution is -2.48. The number of anilines is 1. The molecule has 1 saturated heterocycles. The van der Waals surface area contributed by atoms with Crippen molar-refractivity contribution in [1.29, 1.82) is 0 Å². The zero-order chi connectivity index (χ0) is 31.5. The second kappa shape index (κ2) is 10.6. The molecule has 0 bridgehead atoms. The van der Waals surface area contributed by atoms with Crippen molar-refractivity contribution < 1.29 is 33.4 Å². The summed E-state index contributed by atoms with van der Waals surface area (Å²) in [4.78, 5) is 58.0. The fraction of sp³-hybridized carbons (Fsp3) is 0.189. The second-order valence-electron chi connectivity index (χ2n) is 11.4. The van der Waals surface area contributed by atoms with E-state index in [-0.39, 0.29) is 17.3 Å². The number of esters is 1. The molecule has 2 aliphatic heterocycles. The predicted octanol–water partition coefficient (Wildman–Crippen LogP) is 5.95. The van der Waals surface area contributed by atoms with E-state index in [1.54, 1.807) is 66.7 Å². The molecule has 7 rings (SSSR count). The van der Waals surface area contributed by atoms with Gasteiger partial charge in [-0.15, -0.1) is 0 Å². The fourth-order valence-electron chi connectivity index (χ4n) is 7.36. The second-order valence-corrected chi connectivity index (χ2v) is 11.4. The zero-order valence-electron chi connectivity index (χ0n) is 24.9. The number of benzene rings is 4. The first kappa shape index (κ1) is 28.3. The van der Waals surface area contributed by atoms with Crippen LogP contribution in [0.1, 0.15) is 55.0 Å². The van der Waals surface area contributed by atoms with E-state index in [9.17, 15) is 19.2 Å². The van der Waals surface area contributed by atoms with Gasteiger partial charge in [-0.25, -0.2) is 0 Å². The molecule has 1 fully saturated rings. The maximum atomic E-state index is 14.9. The molecular weight excluding hydrogens is 570 g/mol. The Morgan fingerprint density at radius 1 is 0.778 bits per heavy atom. The summed E-state index contributed by atoms with van der Waals surface area (Å²) >= 11 is 0. The van der Waals surface area contributed by atoms with Crippen molar-refractivity contribution in [2.75, 3.05) is 19.1 Å². The van der Waals surface area contributed by atoms with E-state index in [4.69, 9.17) is 14.2 Å². The fourth-order valence-corrected chi connectivity index (χ4v) is 7.36. The first-order valence-electron chi connectivity index (χ1n) is 14.6. The van der Waals surface area contributed by atoms with E-state index in [0.717, 1.165) is 11.3 Å². The highest BCUT2D eigenvalue weighted by Crippen LogP contribution is 2.61. The lowest BCUT2D eigenvalue weighted by Gasteiger charge is -2.37. The molecule has 2 heterocycles. The number of para-hydroxylation sites is 1. The minimum atomic E-state index is -1.65. The van der Waals surface area contributed by atoms with Crippen molar-refractivity contribution in [1.82, 2.24) is 0 Å². The molecular formula is C37H29NO7. The van der Waals surface area contributed by atoms with Gasteiger partial charge in [0.05, 0.1) is 20.3 Å². The molecule has 3 aliphatic rings. The number of ketones is 3. The van der Waals surface area contributed by atoms with Gasteiger partial charge in [0.1, 0.15) is 17.2 Å². The van der Waals surface area contributed by atoms with Gasteiger partial charge in [-0.1, -0.05) is 60.7 Å². The molecule has 8 heteroatoms. The molecule has 1 aliphatic carbocycles. The minimum absolute atomic E-state index is 0.285. The van der Waals surface area contributed by atoms with Crippen molar-refractivity contribution in [3.63, 3.8) is 0 Å². The van der Waals surface area contributed by atoms with Crippen LogP contribution in [0.5, 0.6) is 17.2 Å². The van der Waals surface area contributed by atoms with Gasteiger partial charge in [0.2, 0.25) is 0 Å². The Kier molecular flexibility index (Phi) is 6.66. The van der Waals surface area contributed by atoms with Crippen LogP contribution in [0.3, 0.4) is 0 Å². The van der Waals surface area contributed by atoms with Gasteiger partial charge in [-0.3, -0.25) is 19.2 Å². The van der Waals surface area contributed by atoms with Gasteiger partial charge < -0.3 is 19.1 Å². The Morgan fingerprint density at radius 3 is 2.07 bits per heavy atom. The number of carbonyl (C=O) groups excluding carboxylic acids is 4. The third-order valence-electron chi connectivity index (χ3n) is 9.15. The maximum absolute atomic E-state index is 14.9. The molecule has 8 nitrogen and oxygen atoms in total. The Bertz CT molecular complexity index is 1890. The summed E-state index contributed by atoms with van der Waals surface area (Å²) in [5, 5.41) is 0. The Balaban J connectivity index is 1.50. The molecule has 0 unspecified atom stereocenters. The molecule has 0 saturated carbocycles. The number of carbonyl (C=O) groups is 4. The number of rotatable bonds is 6. The van der Waals surface area contributed by atoms with E-state index in [2.05, 4.69) is 0 Å². The minimum Gasteiger partial charge on any atom is -0.493 e. The van der Waals surface area contributed by atoms with Crippen molar-refractivity contribution in [3.05, 3.63) is 125 Å². The molecule has 0 N–H and O–H groups in total. The summed E-state index contributed by atoms with van der Waals surface area (Å²) in [6.07, 6.45) is 3.81. The lowest BCUT2D eigenvalue weighted by molar-refractivity contribution is -0.131.